The van der Waals surface area contributed by atoms with Crippen LogP contribution in [0.25, 0.3) is 0 Å². The Bertz CT molecular complexity index is 968. The van der Waals surface area contributed by atoms with E-state index in [1.807, 2.05) is 22.8 Å². The molecule has 5 rings (SSSR count). The third-order valence-corrected chi connectivity index (χ3v) is 6.78. The van der Waals surface area contributed by atoms with Gasteiger partial charge in [-0.25, -0.2) is 0 Å². The van der Waals surface area contributed by atoms with Gasteiger partial charge in [-0.2, -0.15) is 0 Å². The van der Waals surface area contributed by atoms with Gasteiger partial charge in [0, 0.05) is 56.3 Å². The first-order chi connectivity index (χ1) is 14.1. The third kappa shape index (κ3) is 3.52. The van der Waals surface area contributed by atoms with Crippen LogP contribution in [0.1, 0.15) is 30.9 Å². The molecule has 2 saturated heterocycles. The van der Waals surface area contributed by atoms with E-state index in [1.54, 1.807) is 12.1 Å². The second kappa shape index (κ2) is 7.44. The van der Waals surface area contributed by atoms with Gasteiger partial charge in [0.05, 0.1) is 0 Å². The fourth-order valence-electron chi connectivity index (χ4n) is 5.17. The van der Waals surface area contributed by atoms with Gasteiger partial charge >= 0.3 is 0 Å². The van der Waals surface area contributed by atoms with Gasteiger partial charge in [-0.3, -0.25) is 9.59 Å². The Balaban J connectivity index is 1.24. The number of carbonyl (C=O) groups excluding carboxylic acids is 1. The van der Waals surface area contributed by atoms with Crippen LogP contribution in [0, 0.1) is 11.8 Å². The highest BCUT2D eigenvalue weighted by molar-refractivity contribution is 6.29. The number of hydrogen-bond acceptors (Lipinski definition) is 5. The van der Waals surface area contributed by atoms with Gasteiger partial charge in [-0.15, -0.1) is 10.2 Å². The number of pyridine rings is 1. The zero-order chi connectivity index (χ0) is 20.0. The summed E-state index contributed by atoms with van der Waals surface area (Å²) < 4.78 is 1.91. The molecule has 0 unspecified atom stereocenters. The van der Waals surface area contributed by atoms with Crippen LogP contribution in [0.3, 0.4) is 0 Å². The number of amides is 1. The summed E-state index contributed by atoms with van der Waals surface area (Å²) in [6.07, 6.45) is 2.72. The Morgan fingerprint density at radius 3 is 2.62 bits per heavy atom. The van der Waals surface area contributed by atoms with Crippen molar-refractivity contribution in [3.05, 3.63) is 51.5 Å². The molecule has 2 fully saturated rings. The molecule has 2 aromatic heterocycles. The van der Waals surface area contributed by atoms with E-state index in [0.29, 0.717) is 11.1 Å². The van der Waals surface area contributed by atoms with Crippen molar-refractivity contribution in [3.63, 3.8) is 0 Å². The summed E-state index contributed by atoms with van der Waals surface area (Å²) in [7, 11) is 0. The van der Waals surface area contributed by atoms with Gasteiger partial charge < -0.3 is 14.4 Å². The van der Waals surface area contributed by atoms with E-state index in [2.05, 4.69) is 20.0 Å². The van der Waals surface area contributed by atoms with Gasteiger partial charge in [0.25, 0.3) is 5.56 Å². The molecule has 2 bridgehead atoms. The standard InChI is InChI=1S/C21H24ClN5O2/c22-18-4-5-19(24-23-18)25-8-6-15(7-9-25)21(29)26-11-14-10-16(13-26)17-2-1-3-20(28)27(17)12-14/h1-5,14-16H,6-13H2/t14-,16+/m1/s1. The highest BCUT2D eigenvalue weighted by Gasteiger charge is 2.38. The lowest BCUT2D eigenvalue weighted by Gasteiger charge is -2.44. The number of carbonyl (C=O) groups is 1. The fourth-order valence-corrected chi connectivity index (χ4v) is 5.27. The summed E-state index contributed by atoms with van der Waals surface area (Å²) in [6, 6.07) is 9.14. The summed E-state index contributed by atoms with van der Waals surface area (Å²) in [5.74, 6) is 1.78. The zero-order valence-corrected chi connectivity index (χ0v) is 17.0. The van der Waals surface area contributed by atoms with Crippen LogP contribution in [-0.2, 0) is 11.3 Å². The molecule has 8 heteroatoms. The average molecular weight is 414 g/mol. The molecule has 0 N–H and O–H groups in total. The van der Waals surface area contributed by atoms with E-state index in [0.717, 1.165) is 63.5 Å². The molecule has 0 spiro atoms. The number of halogens is 1. The largest absolute Gasteiger partial charge is 0.355 e. The Kier molecular flexibility index (Phi) is 4.78. The molecule has 0 saturated carbocycles. The number of hydrogen-bond donors (Lipinski definition) is 0. The molecule has 0 radical (unpaired) electrons. The van der Waals surface area contributed by atoms with Crippen LogP contribution in [0.4, 0.5) is 5.82 Å². The molecule has 152 valence electrons. The van der Waals surface area contributed by atoms with Crippen LogP contribution in [0.5, 0.6) is 0 Å². The third-order valence-electron chi connectivity index (χ3n) is 6.58. The van der Waals surface area contributed by atoms with Gasteiger partial charge in [0.15, 0.2) is 11.0 Å². The molecule has 2 aromatic rings. The van der Waals surface area contributed by atoms with Gasteiger partial charge in [0.1, 0.15) is 0 Å². The summed E-state index contributed by atoms with van der Waals surface area (Å²) in [5.41, 5.74) is 1.16. The van der Waals surface area contributed by atoms with E-state index in [-0.39, 0.29) is 23.3 Å². The summed E-state index contributed by atoms with van der Waals surface area (Å²) in [6.45, 7) is 3.81. The van der Waals surface area contributed by atoms with E-state index in [1.165, 1.54) is 0 Å². The van der Waals surface area contributed by atoms with Crippen LogP contribution >= 0.6 is 11.6 Å². The van der Waals surface area contributed by atoms with Gasteiger partial charge in [0.2, 0.25) is 5.91 Å². The maximum absolute atomic E-state index is 13.2. The van der Waals surface area contributed by atoms with Crippen molar-refractivity contribution in [1.82, 2.24) is 19.7 Å². The second-order valence-corrected chi connectivity index (χ2v) is 8.80. The first kappa shape index (κ1) is 18.6. The topological polar surface area (TPSA) is 71.3 Å². The Hall–Kier alpha value is -2.41. The fraction of sp³-hybridized carbons (Fsp3) is 0.524. The van der Waals surface area contributed by atoms with Crippen molar-refractivity contribution >= 4 is 23.3 Å². The highest BCUT2D eigenvalue weighted by atomic mass is 35.5. The Labute approximate surface area is 174 Å². The number of aromatic nitrogens is 3. The zero-order valence-electron chi connectivity index (χ0n) is 16.2. The monoisotopic (exact) mass is 413 g/mol. The van der Waals surface area contributed by atoms with Crippen molar-refractivity contribution in [2.24, 2.45) is 11.8 Å². The number of likely N-dealkylation sites (tertiary alicyclic amines) is 1. The minimum Gasteiger partial charge on any atom is -0.355 e. The van der Waals surface area contributed by atoms with E-state index in [9.17, 15) is 9.59 Å². The lowest BCUT2D eigenvalue weighted by Crippen LogP contribution is -2.51. The lowest BCUT2D eigenvalue weighted by molar-refractivity contribution is -0.139. The highest BCUT2D eigenvalue weighted by Crippen LogP contribution is 2.36. The molecule has 0 aromatic carbocycles. The van der Waals surface area contributed by atoms with Crippen molar-refractivity contribution in [1.29, 1.82) is 0 Å². The van der Waals surface area contributed by atoms with E-state index < -0.39 is 0 Å². The quantitative estimate of drug-likeness (QED) is 0.754. The predicted molar refractivity (Wildman–Crippen MR) is 110 cm³/mol. The maximum Gasteiger partial charge on any atom is 0.250 e. The van der Waals surface area contributed by atoms with Crippen LogP contribution in [0.2, 0.25) is 5.15 Å². The smallest absolute Gasteiger partial charge is 0.250 e. The molecular formula is C21H24ClN5O2. The molecular weight excluding hydrogens is 390 g/mol. The molecule has 2 atom stereocenters. The first-order valence-corrected chi connectivity index (χ1v) is 10.7. The van der Waals surface area contributed by atoms with Crippen molar-refractivity contribution in [2.75, 3.05) is 31.1 Å². The second-order valence-electron chi connectivity index (χ2n) is 8.42. The molecule has 29 heavy (non-hydrogen) atoms. The van der Waals surface area contributed by atoms with Crippen molar-refractivity contribution in [2.45, 2.75) is 31.7 Å². The first-order valence-electron chi connectivity index (χ1n) is 10.3. The van der Waals surface area contributed by atoms with Crippen molar-refractivity contribution in [3.8, 4) is 0 Å². The molecule has 1 amide bonds. The predicted octanol–water partition coefficient (Wildman–Crippen LogP) is 2.15. The Morgan fingerprint density at radius 1 is 1.03 bits per heavy atom. The number of piperidine rings is 2. The molecule has 0 aliphatic carbocycles. The normalized spacial score (nSPS) is 24.3. The number of nitrogens with zero attached hydrogens (tertiary/aromatic N) is 5. The summed E-state index contributed by atoms with van der Waals surface area (Å²) in [5, 5.41) is 8.45. The SMILES string of the molecule is O=C(C1CCN(c2ccc(Cl)nn2)CC1)N1C[C@H]2C[C@@H](C1)c1cccc(=O)n1C2. The molecule has 5 heterocycles. The molecule has 7 nitrogen and oxygen atoms in total. The lowest BCUT2D eigenvalue weighted by atomic mass is 9.82. The average Bonchev–Trinajstić information content (AvgIpc) is 2.75. The number of fused-ring (bicyclic) bond motifs is 4. The summed E-state index contributed by atoms with van der Waals surface area (Å²) >= 11 is 5.82. The van der Waals surface area contributed by atoms with Crippen LogP contribution in [0.15, 0.2) is 35.1 Å². The van der Waals surface area contributed by atoms with Crippen molar-refractivity contribution < 1.29 is 4.79 Å². The maximum atomic E-state index is 13.2. The van der Waals surface area contributed by atoms with Gasteiger partial charge in [-0.1, -0.05) is 17.7 Å². The number of rotatable bonds is 2. The van der Waals surface area contributed by atoms with E-state index in [4.69, 9.17) is 11.6 Å². The minimum atomic E-state index is 0.0586. The Morgan fingerprint density at radius 2 is 1.86 bits per heavy atom. The minimum absolute atomic E-state index is 0.0586. The number of anilines is 1. The van der Waals surface area contributed by atoms with E-state index >= 15 is 0 Å². The van der Waals surface area contributed by atoms with Gasteiger partial charge in [-0.05, 0) is 43.4 Å². The molecule has 3 aliphatic heterocycles. The molecule has 3 aliphatic rings. The van der Waals surface area contributed by atoms with Crippen LogP contribution in [-0.4, -0.2) is 51.8 Å². The summed E-state index contributed by atoms with van der Waals surface area (Å²) in [4.78, 5) is 29.7. The van der Waals surface area contributed by atoms with Crippen LogP contribution < -0.4 is 10.5 Å².